The van der Waals surface area contributed by atoms with Crippen LogP contribution in [0, 0.1) is 5.92 Å². The molecule has 2 fully saturated rings. The van der Waals surface area contributed by atoms with Crippen molar-refractivity contribution in [3.8, 4) is 0 Å². The molecular weight excluding hydrogens is 282 g/mol. The number of amides is 1. The largest absolute Gasteiger partial charge is 0.379 e. The molecule has 0 aromatic carbocycles. The molecule has 122 valence electrons. The van der Waals surface area contributed by atoms with E-state index in [0.717, 1.165) is 45.8 Å². The summed E-state index contributed by atoms with van der Waals surface area (Å²) in [6.07, 6.45) is 4.77. The maximum absolute atomic E-state index is 12.5. The molecule has 0 aliphatic carbocycles. The summed E-state index contributed by atoms with van der Waals surface area (Å²) in [5, 5.41) is 4.05. The molecule has 1 aromatic rings. The fourth-order valence-corrected chi connectivity index (χ4v) is 3.50. The molecule has 2 atom stereocenters. The highest BCUT2D eigenvalue weighted by Gasteiger charge is 2.37. The van der Waals surface area contributed by atoms with Crippen LogP contribution in [0.15, 0.2) is 12.7 Å². The minimum atomic E-state index is 0.227. The first kappa shape index (κ1) is 15.4. The Morgan fingerprint density at radius 3 is 2.82 bits per heavy atom. The van der Waals surface area contributed by atoms with Gasteiger partial charge < -0.3 is 9.64 Å². The van der Waals surface area contributed by atoms with Crippen LogP contribution in [0.5, 0.6) is 0 Å². The van der Waals surface area contributed by atoms with Crippen molar-refractivity contribution in [1.29, 1.82) is 0 Å². The Bertz CT molecular complexity index is 472. The third-order valence-electron chi connectivity index (χ3n) is 4.82. The van der Waals surface area contributed by atoms with E-state index < -0.39 is 0 Å². The summed E-state index contributed by atoms with van der Waals surface area (Å²) in [5.41, 5.74) is 0. The Kier molecular flexibility index (Phi) is 5.04. The molecule has 2 aliphatic heterocycles. The van der Waals surface area contributed by atoms with Gasteiger partial charge in [0, 0.05) is 38.6 Å². The summed E-state index contributed by atoms with van der Waals surface area (Å²) >= 11 is 0. The number of aryl methyl sites for hydroxylation is 1. The van der Waals surface area contributed by atoms with E-state index in [4.69, 9.17) is 4.74 Å². The van der Waals surface area contributed by atoms with Crippen LogP contribution in [-0.4, -0.2) is 75.9 Å². The van der Waals surface area contributed by atoms with Gasteiger partial charge >= 0.3 is 0 Å². The van der Waals surface area contributed by atoms with E-state index >= 15 is 0 Å². The molecule has 1 aromatic heterocycles. The van der Waals surface area contributed by atoms with E-state index in [0.29, 0.717) is 24.9 Å². The van der Waals surface area contributed by atoms with Gasteiger partial charge in [-0.25, -0.2) is 4.98 Å². The molecule has 22 heavy (non-hydrogen) atoms. The molecule has 0 bridgehead atoms. The normalized spacial score (nSPS) is 26.5. The Morgan fingerprint density at radius 1 is 1.32 bits per heavy atom. The Balaban J connectivity index is 1.54. The maximum Gasteiger partial charge on any atom is 0.224 e. The zero-order valence-electron chi connectivity index (χ0n) is 13.2. The van der Waals surface area contributed by atoms with Gasteiger partial charge in [0.05, 0.1) is 19.8 Å². The fourth-order valence-electron chi connectivity index (χ4n) is 3.50. The van der Waals surface area contributed by atoms with Crippen molar-refractivity contribution in [2.45, 2.75) is 32.4 Å². The average molecular weight is 307 g/mol. The number of hydrogen-bond acceptors (Lipinski definition) is 5. The Morgan fingerprint density at radius 2 is 2.14 bits per heavy atom. The van der Waals surface area contributed by atoms with E-state index in [-0.39, 0.29) is 5.91 Å². The number of carbonyl (C=O) groups is 1. The van der Waals surface area contributed by atoms with E-state index in [1.807, 2.05) is 4.90 Å². The van der Waals surface area contributed by atoms with Crippen molar-refractivity contribution in [2.24, 2.45) is 5.92 Å². The molecule has 0 spiro atoms. The van der Waals surface area contributed by atoms with Crippen molar-refractivity contribution in [3.05, 3.63) is 12.7 Å². The number of ether oxygens (including phenoxy) is 1. The predicted octanol–water partition coefficient (Wildman–Crippen LogP) is 0.237. The van der Waals surface area contributed by atoms with Gasteiger partial charge in [-0.05, 0) is 5.92 Å². The van der Waals surface area contributed by atoms with Crippen molar-refractivity contribution in [3.63, 3.8) is 0 Å². The summed E-state index contributed by atoms with van der Waals surface area (Å²) in [6.45, 7) is 8.17. The lowest BCUT2D eigenvalue weighted by atomic mass is 9.99. The van der Waals surface area contributed by atoms with Crippen LogP contribution in [0.3, 0.4) is 0 Å². The molecule has 7 heteroatoms. The SMILES string of the molecule is CCC1CN(C(=O)CCn2cncn2)CC1N1CCOCC1. The van der Waals surface area contributed by atoms with Gasteiger partial charge in [0.2, 0.25) is 5.91 Å². The topological polar surface area (TPSA) is 63.5 Å². The van der Waals surface area contributed by atoms with Crippen molar-refractivity contribution in [1.82, 2.24) is 24.6 Å². The van der Waals surface area contributed by atoms with Crippen molar-refractivity contribution < 1.29 is 9.53 Å². The van der Waals surface area contributed by atoms with Crippen LogP contribution < -0.4 is 0 Å². The van der Waals surface area contributed by atoms with Gasteiger partial charge in [0.1, 0.15) is 12.7 Å². The maximum atomic E-state index is 12.5. The molecule has 1 amide bonds. The minimum Gasteiger partial charge on any atom is -0.379 e. The smallest absolute Gasteiger partial charge is 0.224 e. The molecule has 0 radical (unpaired) electrons. The molecular formula is C15H25N5O2. The number of rotatable bonds is 5. The van der Waals surface area contributed by atoms with E-state index in [1.165, 1.54) is 6.33 Å². The van der Waals surface area contributed by atoms with E-state index in [1.54, 1.807) is 11.0 Å². The monoisotopic (exact) mass is 307 g/mol. The van der Waals surface area contributed by atoms with Crippen molar-refractivity contribution in [2.75, 3.05) is 39.4 Å². The van der Waals surface area contributed by atoms with Crippen molar-refractivity contribution >= 4 is 5.91 Å². The molecule has 2 saturated heterocycles. The summed E-state index contributed by atoms with van der Waals surface area (Å²) in [7, 11) is 0. The van der Waals surface area contributed by atoms with Gasteiger partial charge in [0.25, 0.3) is 0 Å². The molecule has 3 rings (SSSR count). The number of morpholine rings is 1. The molecule has 0 saturated carbocycles. The molecule has 2 unspecified atom stereocenters. The van der Waals surface area contributed by atoms with Gasteiger partial charge in [-0.15, -0.1) is 0 Å². The summed E-state index contributed by atoms with van der Waals surface area (Å²) < 4.78 is 7.16. The standard InChI is InChI=1S/C15H25N5O2/c1-2-13-9-19(10-14(13)18-5-7-22-8-6-18)15(21)3-4-20-12-16-11-17-20/h11-14H,2-10H2,1H3. The number of carbonyl (C=O) groups excluding carboxylic acids is 1. The number of hydrogen-bond donors (Lipinski definition) is 0. The fraction of sp³-hybridized carbons (Fsp3) is 0.800. The third kappa shape index (κ3) is 3.47. The van der Waals surface area contributed by atoms with Crippen LogP contribution in [-0.2, 0) is 16.1 Å². The zero-order chi connectivity index (χ0) is 15.4. The first-order valence-corrected chi connectivity index (χ1v) is 8.20. The molecule has 3 heterocycles. The van der Waals surface area contributed by atoms with E-state index in [9.17, 15) is 4.79 Å². The second-order valence-corrected chi connectivity index (χ2v) is 6.09. The number of nitrogens with zero attached hydrogens (tertiary/aromatic N) is 5. The minimum absolute atomic E-state index is 0.227. The highest BCUT2D eigenvalue weighted by Crippen LogP contribution is 2.26. The van der Waals surface area contributed by atoms with Gasteiger partial charge in [-0.3, -0.25) is 14.4 Å². The summed E-state index contributed by atoms with van der Waals surface area (Å²) in [5.74, 6) is 0.804. The van der Waals surface area contributed by atoms with E-state index in [2.05, 4.69) is 21.9 Å². The molecule has 0 N–H and O–H groups in total. The summed E-state index contributed by atoms with van der Waals surface area (Å²) in [6, 6.07) is 0.490. The van der Waals surface area contributed by atoms with Crippen LogP contribution in [0.1, 0.15) is 19.8 Å². The lowest BCUT2D eigenvalue weighted by molar-refractivity contribution is -0.130. The quantitative estimate of drug-likeness (QED) is 0.779. The van der Waals surface area contributed by atoms with Crippen LogP contribution in [0.2, 0.25) is 0 Å². The van der Waals surface area contributed by atoms with Crippen LogP contribution in [0.25, 0.3) is 0 Å². The van der Waals surface area contributed by atoms with Gasteiger partial charge in [-0.2, -0.15) is 5.10 Å². The lowest BCUT2D eigenvalue weighted by Gasteiger charge is -2.34. The first-order valence-electron chi connectivity index (χ1n) is 8.20. The third-order valence-corrected chi connectivity index (χ3v) is 4.82. The lowest BCUT2D eigenvalue weighted by Crippen LogP contribution is -2.47. The van der Waals surface area contributed by atoms with Gasteiger partial charge in [0.15, 0.2) is 0 Å². The highest BCUT2D eigenvalue weighted by molar-refractivity contribution is 5.76. The van der Waals surface area contributed by atoms with Gasteiger partial charge in [-0.1, -0.05) is 13.3 Å². The highest BCUT2D eigenvalue weighted by atomic mass is 16.5. The molecule has 2 aliphatic rings. The number of aromatic nitrogens is 3. The Labute approximate surface area is 131 Å². The van der Waals surface area contributed by atoms with Crippen LogP contribution in [0.4, 0.5) is 0 Å². The summed E-state index contributed by atoms with van der Waals surface area (Å²) in [4.78, 5) is 20.9. The molecule has 7 nitrogen and oxygen atoms in total. The second kappa shape index (κ2) is 7.19. The second-order valence-electron chi connectivity index (χ2n) is 6.09. The van der Waals surface area contributed by atoms with Crippen LogP contribution >= 0.6 is 0 Å². The Hall–Kier alpha value is -1.47. The average Bonchev–Trinajstić information content (AvgIpc) is 3.22. The number of likely N-dealkylation sites (tertiary alicyclic amines) is 1. The first-order chi connectivity index (χ1) is 10.8. The predicted molar refractivity (Wildman–Crippen MR) is 81.2 cm³/mol. The zero-order valence-corrected chi connectivity index (χ0v) is 13.2.